The second-order valence-electron chi connectivity index (χ2n) is 5.30. The predicted molar refractivity (Wildman–Crippen MR) is 76.7 cm³/mol. The van der Waals surface area contributed by atoms with Crippen LogP contribution in [-0.2, 0) is 9.53 Å². The Bertz CT molecular complexity index is 604. The van der Waals surface area contributed by atoms with Gasteiger partial charge in [-0.1, -0.05) is 36.4 Å². The SMILES string of the molecule is COC(=O)C(C)(C)[C@@H](N)c1ccc2ccccc2c1. The van der Waals surface area contributed by atoms with E-state index >= 15 is 0 Å². The van der Waals surface area contributed by atoms with Crippen molar-refractivity contribution < 1.29 is 9.53 Å². The van der Waals surface area contributed by atoms with Crippen LogP contribution in [0.2, 0.25) is 0 Å². The van der Waals surface area contributed by atoms with Crippen molar-refractivity contribution in [2.24, 2.45) is 11.1 Å². The molecule has 0 aliphatic heterocycles. The lowest BCUT2D eigenvalue weighted by molar-refractivity contribution is -0.152. The van der Waals surface area contributed by atoms with Crippen molar-refractivity contribution in [1.29, 1.82) is 0 Å². The predicted octanol–water partition coefficient (Wildman–Crippen LogP) is 3.04. The van der Waals surface area contributed by atoms with Crippen LogP contribution in [0.25, 0.3) is 10.8 Å². The van der Waals surface area contributed by atoms with Gasteiger partial charge in [-0.3, -0.25) is 4.79 Å². The summed E-state index contributed by atoms with van der Waals surface area (Å²) in [5, 5.41) is 2.28. The molecule has 0 unspecified atom stereocenters. The van der Waals surface area contributed by atoms with E-state index in [1.807, 2.05) is 36.4 Å². The molecule has 0 aromatic heterocycles. The average molecular weight is 257 g/mol. The molecule has 0 spiro atoms. The molecule has 3 nitrogen and oxygen atoms in total. The van der Waals surface area contributed by atoms with E-state index in [1.54, 1.807) is 13.8 Å². The van der Waals surface area contributed by atoms with Crippen LogP contribution in [0.4, 0.5) is 0 Å². The quantitative estimate of drug-likeness (QED) is 0.860. The van der Waals surface area contributed by atoms with Crippen LogP contribution >= 0.6 is 0 Å². The van der Waals surface area contributed by atoms with Gasteiger partial charge in [0, 0.05) is 6.04 Å². The van der Waals surface area contributed by atoms with Gasteiger partial charge in [0.2, 0.25) is 0 Å². The van der Waals surface area contributed by atoms with Crippen molar-refractivity contribution in [2.45, 2.75) is 19.9 Å². The average Bonchev–Trinajstić information content (AvgIpc) is 2.44. The maximum absolute atomic E-state index is 11.8. The summed E-state index contributed by atoms with van der Waals surface area (Å²) in [5.74, 6) is -0.298. The van der Waals surface area contributed by atoms with Crippen molar-refractivity contribution in [2.75, 3.05) is 7.11 Å². The Balaban J connectivity index is 2.41. The van der Waals surface area contributed by atoms with E-state index in [0.29, 0.717) is 0 Å². The molecule has 0 fully saturated rings. The molecule has 0 radical (unpaired) electrons. The third kappa shape index (κ3) is 2.47. The fourth-order valence-electron chi connectivity index (χ4n) is 2.21. The number of hydrogen-bond acceptors (Lipinski definition) is 3. The van der Waals surface area contributed by atoms with Gasteiger partial charge in [-0.15, -0.1) is 0 Å². The van der Waals surface area contributed by atoms with E-state index in [1.165, 1.54) is 7.11 Å². The van der Waals surface area contributed by atoms with Crippen molar-refractivity contribution in [3.8, 4) is 0 Å². The smallest absolute Gasteiger partial charge is 0.313 e. The topological polar surface area (TPSA) is 52.3 Å². The van der Waals surface area contributed by atoms with Gasteiger partial charge in [-0.05, 0) is 36.2 Å². The van der Waals surface area contributed by atoms with Gasteiger partial charge < -0.3 is 10.5 Å². The molecule has 1 atom stereocenters. The number of carbonyl (C=O) groups is 1. The zero-order chi connectivity index (χ0) is 14.0. The highest BCUT2D eigenvalue weighted by Gasteiger charge is 2.36. The Morgan fingerprint density at radius 2 is 1.79 bits per heavy atom. The highest BCUT2D eigenvalue weighted by atomic mass is 16.5. The summed E-state index contributed by atoms with van der Waals surface area (Å²) in [4.78, 5) is 11.8. The Morgan fingerprint density at radius 1 is 1.16 bits per heavy atom. The number of ether oxygens (including phenoxy) is 1. The molecule has 0 saturated heterocycles. The standard InChI is InChI=1S/C16H19NO2/c1-16(2,15(18)19-3)14(17)13-9-8-11-6-4-5-7-12(11)10-13/h4-10,14H,17H2,1-3H3/t14-/m0/s1. The highest BCUT2D eigenvalue weighted by Crippen LogP contribution is 2.33. The number of carbonyl (C=O) groups excluding carboxylic acids is 1. The molecule has 2 rings (SSSR count). The van der Waals surface area contributed by atoms with Crippen LogP contribution in [0.3, 0.4) is 0 Å². The largest absolute Gasteiger partial charge is 0.469 e. The highest BCUT2D eigenvalue weighted by molar-refractivity contribution is 5.83. The first-order chi connectivity index (χ1) is 8.96. The number of benzene rings is 2. The molecule has 100 valence electrons. The number of hydrogen-bond donors (Lipinski definition) is 1. The molecule has 2 aromatic rings. The summed E-state index contributed by atoms with van der Waals surface area (Å²) >= 11 is 0. The molecule has 0 bridgehead atoms. The van der Waals surface area contributed by atoms with Crippen molar-refractivity contribution in [3.05, 3.63) is 48.0 Å². The molecule has 3 heteroatoms. The van der Waals surface area contributed by atoms with E-state index < -0.39 is 11.5 Å². The van der Waals surface area contributed by atoms with Crippen LogP contribution in [0, 0.1) is 5.41 Å². The minimum absolute atomic E-state index is 0.298. The van der Waals surface area contributed by atoms with Gasteiger partial charge in [-0.2, -0.15) is 0 Å². The number of fused-ring (bicyclic) bond motifs is 1. The molecular weight excluding hydrogens is 238 g/mol. The molecule has 2 aromatic carbocycles. The molecular formula is C16H19NO2. The monoisotopic (exact) mass is 257 g/mol. The Labute approximate surface area is 113 Å². The van der Waals surface area contributed by atoms with Crippen LogP contribution in [0.1, 0.15) is 25.5 Å². The van der Waals surface area contributed by atoms with E-state index in [9.17, 15) is 4.79 Å². The minimum atomic E-state index is -0.753. The summed E-state index contributed by atoms with van der Waals surface area (Å²) in [6, 6.07) is 13.7. The van der Waals surface area contributed by atoms with Crippen molar-refractivity contribution in [3.63, 3.8) is 0 Å². The minimum Gasteiger partial charge on any atom is -0.469 e. The first kappa shape index (κ1) is 13.6. The molecule has 19 heavy (non-hydrogen) atoms. The number of rotatable bonds is 3. The summed E-state index contributed by atoms with van der Waals surface area (Å²) in [6.07, 6.45) is 0. The lowest BCUT2D eigenvalue weighted by Crippen LogP contribution is -2.37. The molecule has 0 saturated carbocycles. The first-order valence-electron chi connectivity index (χ1n) is 6.29. The third-order valence-corrected chi connectivity index (χ3v) is 3.62. The number of esters is 1. The van der Waals surface area contributed by atoms with E-state index in [-0.39, 0.29) is 5.97 Å². The van der Waals surface area contributed by atoms with E-state index in [4.69, 9.17) is 10.5 Å². The first-order valence-corrected chi connectivity index (χ1v) is 6.29. The third-order valence-electron chi connectivity index (χ3n) is 3.62. The summed E-state index contributed by atoms with van der Waals surface area (Å²) in [6.45, 7) is 3.61. The summed E-state index contributed by atoms with van der Waals surface area (Å²) in [5.41, 5.74) is 6.43. The van der Waals surface area contributed by atoms with Crippen LogP contribution in [0.5, 0.6) is 0 Å². The van der Waals surface area contributed by atoms with Gasteiger partial charge in [-0.25, -0.2) is 0 Å². The number of methoxy groups -OCH3 is 1. The molecule has 2 N–H and O–H groups in total. The lowest BCUT2D eigenvalue weighted by atomic mass is 9.80. The maximum Gasteiger partial charge on any atom is 0.313 e. The number of nitrogens with two attached hydrogens (primary N) is 1. The molecule has 0 aliphatic carbocycles. The molecule has 0 heterocycles. The van der Waals surface area contributed by atoms with Crippen LogP contribution in [-0.4, -0.2) is 13.1 Å². The fraction of sp³-hybridized carbons (Fsp3) is 0.312. The van der Waals surface area contributed by atoms with Gasteiger partial charge in [0.1, 0.15) is 0 Å². The normalized spacial score (nSPS) is 13.3. The fourth-order valence-corrected chi connectivity index (χ4v) is 2.21. The maximum atomic E-state index is 11.8. The van der Waals surface area contributed by atoms with Crippen molar-refractivity contribution in [1.82, 2.24) is 0 Å². The summed E-state index contributed by atoms with van der Waals surface area (Å²) in [7, 11) is 1.39. The zero-order valence-electron chi connectivity index (χ0n) is 11.5. The lowest BCUT2D eigenvalue weighted by Gasteiger charge is -2.29. The Hall–Kier alpha value is -1.87. The van der Waals surface area contributed by atoms with E-state index in [2.05, 4.69) is 6.07 Å². The van der Waals surface area contributed by atoms with Crippen LogP contribution < -0.4 is 5.73 Å². The summed E-state index contributed by atoms with van der Waals surface area (Å²) < 4.78 is 4.83. The van der Waals surface area contributed by atoms with Gasteiger partial charge in [0.05, 0.1) is 12.5 Å². The van der Waals surface area contributed by atoms with Gasteiger partial charge in [0.15, 0.2) is 0 Å². The second-order valence-corrected chi connectivity index (χ2v) is 5.30. The second kappa shape index (κ2) is 5.02. The van der Waals surface area contributed by atoms with Crippen molar-refractivity contribution >= 4 is 16.7 Å². The molecule has 0 aliphatic rings. The van der Waals surface area contributed by atoms with Gasteiger partial charge in [0.25, 0.3) is 0 Å². The zero-order valence-corrected chi connectivity index (χ0v) is 11.5. The van der Waals surface area contributed by atoms with Gasteiger partial charge >= 0.3 is 5.97 Å². The van der Waals surface area contributed by atoms with Crippen LogP contribution in [0.15, 0.2) is 42.5 Å². The Kier molecular flexibility index (Phi) is 3.58. The molecule has 0 amide bonds. The Morgan fingerprint density at radius 3 is 2.42 bits per heavy atom. The van der Waals surface area contributed by atoms with E-state index in [0.717, 1.165) is 16.3 Å².